The lowest BCUT2D eigenvalue weighted by Gasteiger charge is -2.37. The van der Waals surface area contributed by atoms with Gasteiger partial charge < -0.3 is 4.90 Å². The van der Waals surface area contributed by atoms with Gasteiger partial charge in [0, 0.05) is 6.04 Å². The zero-order valence-corrected chi connectivity index (χ0v) is 12.1. The van der Waals surface area contributed by atoms with Crippen LogP contribution in [-0.4, -0.2) is 29.1 Å². The summed E-state index contributed by atoms with van der Waals surface area (Å²) >= 11 is 0. The zero-order chi connectivity index (χ0) is 13.1. The first kappa shape index (κ1) is 13.9. The highest BCUT2D eigenvalue weighted by Crippen LogP contribution is 2.31. The molecule has 3 unspecified atom stereocenters. The van der Waals surface area contributed by atoms with Crippen molar-refractivity contribution in [2.75, 3.05) is 0 Å². The molecule has 2 rings (SSSR count). The molecule has 1 saturated heterocycles. The van der Waals surface area contributed by atoms with Gasteiger partial charge in [0.1, 0.15) is 0 Å². The van der Waals surface area contributed by atoms with Crippen LogP contribution in [0, 0.1) is 5.92 Å². The van der Waals surface area contributed by atoms with Gasteiger partial charge in [-0.2, -0.15) is 0 Å². The number of nitrogens with one attached hydrogen (secondary N) is 1. The molecule has 1 heterocycles. The lowest BCUT2D eigenvalue weighted by atomic mass is 9.83. The highest BCUT2D eigenvalue weighted by atomic mass is 16.2. The second-order valence-corrected chi connectivity index (χ2v) is 6.08. The van der Waals surface area contributed by atoms with Gasteiger partial charge in [-0.15, -0.1) is 0 Å². The zero-order valence-electron chi connectivity index (χ0n) is 12.1. The first-order valence-corrected chi connectivity index (χ1v) is 7.73. The van der Waals surface area contributed by atoms with Crippen molar-refractivity contribution in [3.8, 4) is 0 Å². The fraction of sp³-hybridized carbons (Fsp3) is 0.933. The largest absolute Gasteiger partial charge is 0.323 e. The van der Waals surface area contributed by atoms with E-state index in [1.54, 1.807) is 0 Å². The monoisotopic (exact) mass is 252 g/mol. The fourth-order valence-electron chi connectivity index (χ4n) is 3.64. The molecule has 18 heavy (non-hydrogen) atoms. The number of carbonyl (C=O) groups excluding carboxylic acids is 1. The maximum atomic E-state index is 12.3. The molecule has 1 aliphatic heterocycles. The fourth-order valence-corrected chi connectivity index (χ4v) is 3.64. The molecule has 1 saturated carbocycles. The van der Waals surface area contributed by atoms with E-state index in [1.165, 1.54) is 32.1 Å². The number of carbonyl (C=O) groups is 1. The highest BCUT2D eigenvalue weighted by molar-refractivity contribution is 5.84. The van der Waals surface area contributed by atoms with Crippen molar-refractivity contribution in [1.82, 2.24) is 10.2 Å². The highest BCUT2D eigenvalue weighted by Gasteiger charge is 2.40. The van der Waals surface area contributed by atoms with Crippen molar-refractivity contribution < 1.29 is 4.79 Å². The Morgan fingerprint density at radius 2 is 2.00 bits per heavy atom. The standard InChI is InChI=1S/C15H28N2O/c1-4-8-14-16-11(2)15(18)17(14)12(3)13-9-6-5-7-10-13/h11-14,16H,4-10H2,1-3H3. The van der Waals surface area contributed by atoms with Crippen LogP contribution in [0.2, 0.25) is 0 Å². The molecule has 3 atom stereocenters. The molecule has 0 aromatic rings. The minimum atomic E-state index is 0.00703. The molecular weight excluding hydrogens is 224 g/mol. The van der Waals surface area contributed by atoms with Crippen LogP contribution >= 0.6 is 0 Å². The van der Waals surface area contributed by atoms with Crippen LogP contribution in [0.5, 0.6) is 0 Å². The maximum Gasteiger partial charge on any atom is 0.240 e. The summed E-state index contributed by atoms with van der Waals surface area (Å²) in [5, 5.41) is 3.45. The van der Waals surface area contributed by atoms with Crippen LogP contribution in [0.4, 0.5) is 0 Å². The summed E-state index contributed by atoms with van der Waals surface area (Å²) in [6, 6.07) is 0.416. The van der Waals surface area contributed by atoms with Crippen molar-refractivity contribution >= 4 is 5.91 Å². The summed E-state index contributed by atoms with van der Waals surface area (Å²) in [6.45, 7) is 6.45. The summed E-state index contributed by atoms with van der Waals surface area (Å²) in [5.74, 6) is 1.03. The molecule has 2 aliphatic rings. The van der Waals surface area contributed by atoms with E-state index >= 15 is 0 Å². The lowest BCUT2D eigenvalue weighted by Crippen LogP contribution is -2.47. The molecule has 3 nitrogen and oxygen atoms in total. The second kappa shape index (κ2) is 6.05. The van der Waals surface area contributed by atoms with Crippen molar-refractivity contribution in [2.24, 2.45) is 5.92 Å². The van der Waals surface area contributed by atoms with Gasteiger partial charge in [-0.05, 0) is 39.0 Å². The summed E-state index contributed by atoms with van der Waals surface area (Å²) in [5.41, 5.74) is 0. The average Bonchev–Trinajstić information content (AvgIpc) is 2.66. The summed E-state index contributed by atoms with van der Waals surface area (Å²) in [4.78, 5) is 14.5. The Kier molecular flexibility index (Phi) is 4.66. The quantitative estimate of drug-likeness (QED) is 0.834. The van der Waals surface area contributed by atoms with E-state index in [-0.39, 0.29) is 12.2 Å². The summed E-state index contributed by atoms with van der Waals surface area (Å²) < 4.78 is 0. The Labute approximate surface area is 111 Å². The van der Waals surface area contributed by atoms with Gasteiger partial charge in [0.2, 0.25) is 5.91 Å². The SMILES string of the molecule is CCCC1NC(C)C(=O)N1C(C)C1CCCCC1. The predicted molar refractivity (Wildman–Crippen MR) is 74.2 cm³/mol. The molecule has 2 fully saturated rings. The van der Waals surface area contributed by atoms with Gasteiger partial charge in [-0.25, -0.2) is 0 Å². The van der Waals surface area contributed by atoms with Crippen molar-refractivity contribution in [3.63, 3.8) is 0 Å². The van der Waals surface area contributed by atoms with Crippen molar-refractivity contribution in [1.29, 1.82) is 0 Å². The third kappa shape index (κ3) is 2.71. The van der Waals surface area contributed by atoms with Crippen LogP contribution in [0.25, 0.3) is 0 Å². The van der Waals surface area contributed by atoms with Crippen molar-refractivity contribution in [2.45, 2.75) is 84.0 Å². The van der Waals surface area contributed by atoms with E-state index in [0.29, 0.717) is 17.9 Å². The number of hydrogen-bond donors (Lipinski definition) is 1. The van der Waals surface area contributed by atoms with E-state index in [4.69, 9.17) is 0 Å². The van der Waals surface area contributed by atoms with Gasteiger partial charge in [0.15, 0.2) is 0 Å². The van der Waals surface area contributed by atoms with Crippen LogP contribution in [0.3, 0.4) is 0 Å². The van der Waals surface area contributed by atoms with Gasteiger partial charge in [-0.1, -0.05) is 32.6 Å². The third-order valence-electron chi connectivity index (χ3n) is 4.74. The van der Waals surface area contributed by atoms with Gasteiger partial charge in [0.25, 0.3) is 0 Å². The molecule has 0 radical (unpaired) electrons. The molecule has 104 valence electrons. The van der Waals surface area contributed by atoms with E-state index in [0.717, 1.165) is 12.8 Å². The van der Waals surface area contributed by atoms with Crippen LogP contribution < -0.4 is 5.32 Å². The molecular formula is C15H28N2O. The van der Waals surface area contributed by atoms with Crippen LogP contribution in [-0.2, 0) is 4.79 Å². The summed E-state index contributed by atoms with van der Waals surface area (Å²) in [7, 11) is 0. The molecule has 0 aromatic carbocycles. The Morgan fingerprint density at radius 3 is 2.61 bits per heavy atom. The molecule has 3 heteroatoms. The normalized spacial score (nSPS) is 31.9. The van der Waals surface area contributed by atoms with Crippen LogP contribution in [0.15, 0.2) is 0 Å². The second-order valence-electron chi connectivity index (χ2n) is 6.08. The van der Waals surface area contributed by atoms with Gasteiger partial charge in [-0.3, -0.25) is 10.1 Å². The van der Waals surface area contributed by atoms with E-state index in [1.807, 2.05) is 6.92 Å². The minimum Gasteiger partial charge on any atom is -0.323 e. The van der Waals surface area contributed by atoms with Gasteiger partial charge >= 0.3 is 0 Å². The maximum absolute atomic E-state index is 12.3. The smallest absolute Gasteiger partial charge is 0.240 e. The number of amides is 1. The molecule has 0 aromatic heterocycles. The Morgan fingerprint density at radius 1 is 1.33 bits per heavy atom. The average molecular weight is 252 g/mol. The van der Waals surface area contributed by atoms with E-state index in [9.17, 15) is 4.79 Å². The predicted octanol–water partition coefficient (Wildman–Crippen LogP) is 2.90. The molecule has 0 bridgehead atoms. The first-order chi connectivity index (χ1) is 8.65. The Hall–Kier alpha value is -0.570. The lowest BCUT2D eigenvalue weighted by molar-refractivity contribution is -0.133. The molecule has 1 N–H and O–H groups in total. The molecule has 1 amide bonds. The number of hydrogen-bond acceptors (Lipinski definition) is 2. The minimum absolute atomic E-state index is 0.00703. The number of rotatable bonds is 4. The van der Waals surface area contributed by atoms with Gasteiger partial charge in [0.05, 0.1) is 12.2 Å². The summed E-state index contributed by atoms with van der Waals surface area (Å²) in [6.07, 6.45) is 9.16. The number of nitrogens with zero attached hydrogens (tertiary/aromatic N) is 1. The molecule has 1 aliphatic carbocycles. The first-order valence-electron chi connectivity index (χ1n) is 7.73. The Balaban J connectivity index is 2.05. The molecule has 0 spiro atoms. The van der Waals surface area contributed by atoms with E-state index in [2.05, 4.69) is 24.1 Å². The van der Waals surface area contributed by atoms with E-state index < -0.39 is 0 Å². The van der Waals surface area contributed by atoms with Crippen LogP contribution in [0.1, 0.15) is 65.7 Å². The Bertz CT molecular complexity index is 286. The third-order valence-corrected chi connectivity index (χ3v) is 4.74. The van der Waals surface area contributed by atoms with Crippen molar-refractivity contribution in [3.05, 3.63) is 0 Å². The topological polar surface area (TPSA) is 32.3 Å².